The van der Waals surface area contributed by atoms with Crippen LogP contribution in [-0.4, -0.2) is 44.9 Å². The average Bonchev–Trinajstić information content (AvgIpc) is 2.22. The van der Waals surface area contributed by atoms with Crippen molar-refractivity contribution in [2.24, 2.45) is 0 Å². The lowest BCUT2D eigenvalue weighted by atomic mass is 10.3. The molecule has 1 aromatic heterocycles. The Morgan fingerprint density at radius 3 is 2.07 bits per heavy atom. The smallest absolute Gasteiger partial charge is 0.174 e. The zero-order valence-electron chi connectivity index (χ0n) is 9.06. The van der Waals surface area contributed by atoms with Crippen molar-refractivity contribution in [1.29, 1.82) is 0 Å². The van der Waals surface area contributed by atoms with Crippen molar-refractivity contribution in [2.75, 3.05) is 19.6 Å². The Bertz CT molecular complexity index is 254. The van der Waals surface area contributed by atoms with E-state index in [1.54, 1.807) is 6.92 Å². The first-order chi connectivity index (χ1) is 6.76. The van der Waals surface area contributed by atoms with Gasteiger partial charge < -0.3 is 4.90 Å². The van der Waals surface area contributed by atoms with Crippen molar-refractivity contribution in [3.63, 3.8) is 0 Å². The van der Waals surface area contributed by atoms with Gasteiger partial charge in [-0.25, -0.2) is 0 Å². The van der Waals surface area contributed by atoms with Crippen LogP contribution < -0.4 is 0 Å². The van der Waals surface area contributed by atoms with Crippen LogP contribution in [0, 0.1) is 6.92 Å². The summed E-state index contributed by atoms with van der Waals surface area (Å²) in [5.74, 6) is 1.35. The fourth-order valence-corrected chi connectivity index (χ4v) is 1.20. The lowest BCUT2D eigenvalue weighted by Gasteiger charge is -2.16. The standard InChI is InChI=1S/C9H17N5/c1-4-14(5-2)7-6-9-12-10-8(3)11-13-9/h4-7H2,1-3H3. The molecule has 0 amide bonds. The van der Waals surface area contributed by atoms with Crippen LogP contribution in [0.2, 0.25) is 0 Å². The van der Waals surface area contributed by atoms with Crippen LogP contribution in [0.1, 0.15) is 25.5 Å². The summed E-state index contributed by atoms with van der Waals surface area (Å²) in [6, 6.07) is 0. The molecule has 0 unspecified atom stereocenters. The second-order valence-electron chi connectivity index (χ2n) is 3.14. The number of hydrogen-bond donors (Lipinski definition) is 0. The minimum Gasteiger partial charge on any atom is -0.303 e. The highest BCUT2D eigenvalue weighted by Crippen LogP contribution is 1.92. The summed E-state index contributed by atoms with van der Waals surface area (Å²) in [5, 5.41) is 15.7. The highest BCUT2D eigenvalue weighted by atomic mass is 15.3. The molecule has 0 N–H and O–H groups in total. The van der Waals surface area contributed by atoms with Gasteiger partial charge in [-0.1, -0.05) is 13.8 Å². The molecule has 0 spiro atoms. The third kappa shape index (κ3) is 3.33. The van der Waals surface area contributed by atoms with Crippen molar-refractivity contribution in [2.45, 2.75) is 27.2 Å². The van der Waals surface area contributed by atoms with Crippen LogP contribution in [0.15, 0.2) is 0 Å². The van der Waals surface area contributed by atoms with Gasteiger partial charge in [0.1, 0.15) is 0 Å². The predicted molar refractivity (Wildman–Crippen MR) is 53.9 cm³/mol. The van der Waals surface area contributed by atoms with Gasteiger partial charge >= 0.3 is 0 Å². The molecule has 0 bridgehead atoms. The Kier molecular flexibility index (Phi) is 4.39. The Morgan fingerprint density at radius 2 is 1.57 bits per heavy atom. The summed E-state index contributed by atoms with van der Waals surface area (Å²) < 4.78 is 0. The van der Waals surface area contributed by atoms with Crippen molar-refractivity contribution in [3.8, 4) is 0 Å². The molecule has 0 radical (unpaired) electrons. The maximum absolute atomic E-state index is 3.97. The molecule has 78 valence electrons. The molecular weight excluding hydrogens is 178 g/mol. The molecule has 0 aliphatic rings. The third-order valence-corrected chi connectivity index (χ3v) is 2.17. The fraction of sp³-hybridized carbons (Fsp3) is 0.778. The van der Waals surface area contributed by atoms with Crippen molar-refractivity contribution >= 4 is 0 Å². The molecule has 5 heteroatoms. The van der Waals surface area contributed by atoms with E-state index < -0.39 is 0 Å². The van der Waals surface area contributed by atoms with Gasteiger partial charge in [0.25, 0.3) is 0 Å². The molecule has 0 aromatic carbocycles. The largest absolute Gasteiger partial charge is 0.303 e. The van der Waals surface area contributed by atoms with Crippen LogP contribution in [0.3, 0.4) is 0 Å². The van der Waals surface area contributed by atoms with E-state index >= 15 is 0 Å². The summed E-state index contributed by atoms with van der Waals surface area (Å²) in [5.41, 5.74) is 0. The summed E-state index contributed by atoms with van der Waals surface area (Å²) in [6.45, 7) is 9.17. The summed E-state index contributed by atoms with van der Waals surface area (Å²) in [4.78, 5) is 2.32. The molecule has 0 aliphatic carbocycles. The van der Waals surface area contributed by atoms with Gasteiger partial charge in [0.05, 0.1) is 0 Å². The topological polar surface area (TPSA) is 54.8 Å². The molecule has 0 atom stereocenters. The summed E-state index contributed by atoms with van der Waals surface area (Å²) in [7, 11) is 0. The highest BCUT2D eigenvalue weighted by molar-refractivity contribution is 4.81. The van der Waals surface area contributed by atoms with E-state index in [9.17, 15) is 0 Å². The summed E-state index contributed by atoms with van der Waals surface area (Å²) in [6.07, 6.45) is 0.821. The van der Waals surface area contributed by atoms with Crippen LogP contribution in [-0.2, 0) is 6.42 Å². The Labute approximate surface area is 84.6 Å². The summed E-state index contributed by atoms with van der Waals surface area (Å²) >= 11 is 0. The molecule has 1 heterocycles. The van der Waals surface area contributed by atoms with Gasteiger partial charge in [-0.2, -0.15) is 0 Å². The first-order valence-corrected chi connectivity index (χ1v) is 5.01. The maximum atomic E-state index is 3.97. The monoisotopic (exact) mass is 195 g/mol. The zero-order valence-corrected chi connectivity index (χ0v) is 9.06. The zero-order chi connectivity index (χ0) is 10.4. The van der Waals surface area contributed by atoms with Gasteiger partial charge in [-0.15, -0.1) is 20.4 Å². The van der Waals surface area contributed by atoms with E-state index in [1.165, 1.54) is 0 Å². The molecular formula is C9H17N5. The van der Waals surface area contributed by atoms with Crippen LogP contribution in [0.5, 0.6) is 0 Å². The van der Waals surface area contributed by atoms with E-state index in [-0.39, 0.29) is 0 Å². The minimum atomic E-state index is 0.622. The Morgan fingerprint density at radius 1 is 1.00 bits per heavy atom. The van der Waals surface area contributed by atoms with E-state index in [1.807, 2.05) is 0 Å². The van der Waals surface area contributed by atoms with Gasteiger partial charge in [0.15, 0.2) is 11.6 Å². The number of rotatable bonds is 5. The Balaban J connectivity index is 2.41. The SMILES string of the molecule is CCN(CC)CCc1nnc(C)nn1. The third-order valence-electron chi connectivity index (χ3n) is 2.17. The number of aryl methyl sites for hydroxylation is 1. The second-order valence-corrected chi connectivity index (χ2v) is 3.14. The average molecular weight is 195 g/mol. The quantitative estimate of drug-likeness (QED) is 0.683. The fourth-order valence-electron chi connectivity index (χ4n) is 1.20. The minimum absolute atomic E-state index is 0.622. The number of likely N-dealkylation sites (N-methyl/N-ethyl adjacent to an activating group) is 1. The normalized spacial score (nSPS) is 10.9. The molecule has 5 nitrogen and oxygen atoms in total. The van der Waals surface area contributed by atoms with Crippen molar-refractivity contribution in [3.05, 3.63) is 11.6 Å². The first kappa shape index (κ1) is 11.0. The predicted octanol–water partition coefficient (Wildman–Crippen LogP) is 0.459. The molecule has 0 fully saturated rings. The van der Waals surface area contributed by atoms with Gasteiger partial charge in [0, 0.05) is 13.0 Å². The maximum Gasteiger partial charge on any atom is 0.174 e. The molecule has 1 rings (SSSR count). The molecule has 0 aliphatic heterocycles. The van der Waals surface area contributed by atoms with E-state index in [0.717, 1.165) is 31.9 Å². The number of nitrogens with zero attached hydrogens (tertiary/aromatic N) is 5. The molecule has 14 heavy (non-hydrogen) atoms. The number of hydrogen-bond acceptors (Lipinski definition) is 5. The van der Waals surface area contributed by atoms with Gasteiger partial charge in [-0.3, -0.25) is 0 Å². The first-order valence-electron chi connectivity index (χ1n) is 5.01. The second kappa shape index (κ2) is 5.59. The van der Waals surface area contributed by atoms with E-state index in [4.69, 9.17) is 0 Å². The van der Waals surface area contributed by atoms with Gasteiger partial charge in [0.2, 0.25) is 0 Å². The lowest BCUT2D eigenvalue weighted by molar-refractivity contribution is 0.304. The molecule has 1 aromatic rings. The highest BCUT2D eigenvalue weighted by Gasteiger charge is 2.02. The van der Waals surface area contributed by atoms with Crippen LogP contribution >= 0.6 is 0 Å². The Hall–Kier alpha value is -1.10. The lowest BCUT2D eigenvalue weighted by Crippen LogP contribution is -2.26. The van der Waals surface area contributed by atoms with E-state index in [0.29, 0.717) is 5.82 Å². The van der Waals surface area contributed by atoms with Gasteiger partial charge in [-0.05, 0) is 20.0 Å². The van der Waals surface area contributed by atoms with Crippen LogP contribution in [0.4, 0.5) is 0 Å². The van der Waals surface area contributed by atoms with E-state index in [2.05, 4.69) is 39.1 Å². The molecule has 0 saturated carbocycles. The number of aromatic nitrogens is 4. The molecule has 0 saturated heterocycles. The van der Waals surface area contributed by atoms with Crippen molar-refractivity contribution < 1.29 is 0 Å². The van der Waals surface area contributed by atoms with Crippen molar-refractivity contribution in [1.82, 2.24) is 25.3 Å². The van der Waals surface area contributed by atoms with Crippen LogP contribution in [0.25, 0.3) is 0 Å².